The quantitative estimate of drug-likeness (QED) is 0.299. The highest BCUT2D eigenvalue weighted by Gasteiger charge is 1.87. The first-order chi connectivity index (χ1) is 3.31. The van der Waals surface area contributed by atoms with Crippen molar-refractivity contribution >= 4 is 16.3 Å². The fourth-order valence-corrected chi connectivity index (χ4v) is 0.375. The third kappa shape index (κ3) is 4.02. The van der Waals surface area contributed by atoms with Gasteiger partial charge in [0.25, 0.3) is 8.05 Å². The van der Waals surface area contributed by atoms with Gasteiger partial charge >= 0.3 is 8.25 Å². The van der Waals surface area contributed by atoms with E-state index in [0.29, 0.717) is 0 Å². The zero-order chi connectivity index (χ0) is 5.70. The molecule has 0 fully saturated rings. The van der Waals surface area contributed by atoms with Gasteiger partial charge in [-0.3, -0.25) is 4.57 Å². The van der Waals surface area contributed by atoms with Gasteiger partial charge in [-0.25, -0.2) is 4.62 Å². The summed E-state index contributed by atoms with van der Waals surface area (Å²) in [5.41, 5.74) is 2.23. The summed E-state index contributed by atoms with van der Waals surface area (Å²) >= 11 is 0. The van der Waals surface area contributed by atoms with E-state index in [4.69, 9.17) is 0 Å². The van der Waals surface area contributed by atoms with Crippen LogP contribution < -0.4 is 5.48 Å². The predicted molar refractivity (Wildman–Crippen MR) is 28.8 cm³/mol. The van der Waals surface area contributed by atoms with Crippen LogP contribution in [-0.4, -0.2) is 15.1 Å². The second-order valence-corrected chi connectivity index (χ2v) is 1.87. The number of hydrogen-bond donors (Lipinski definition) is 1. The standard InChI is InChI=1S/CH7BNO3P/c1-3-6-7(4)5-2/h3,7H,2H2,1H3. The van der Waals surface area contributed by atoms with Crippen molar-refractivity contribution in [3.8, 4) is 0 Å². The molecule has 0 bridgehead atoms. The van der Waals surface area contributed by atoms with Crippen LogP contribution >= 0.6 is 8.25 Å². The Morgan fingerprint density at radius 2 is 2.43 bits per heavy atom. The van der Waals surface area contributed by atoms with Gasteiger partial charge in [0.05, 0.1) is 0 Å². The molecule has 0 saturated heterocycles. The van der Waals surface area contributed by atoms with E-state index < -0.39 is 8.25 Å². The largest absolute Gasteiger partial charge is 0.380 e. The van der Waals surface area contributed by atoms with Crippen LogP contribution in [0.4, 0.5) is 0 Å². The van der Waals surface area contributed by atoms with Crippen molar-refractivity contribution in [2.45, 2.75) is 0 Å². The maximum atomic E-state index is 10.1. The van der Waals surface area contributed by atoms with Crippen molar-refractivity contribution in [1.29, 1.82) is 0 Å². The maximum Gasteiger partial charge on any atom is 0.320 e. The molecule has 0 aromatic carbocycles. The molecule has 1 atom stereocenters. The molecule has 0 aliphatic heterocycles. The summed E-state index contributed by atoms with van der Waals surface area (Å²) in [5, 5.41) is 0. The molecule has 0 aliphatic carbocycles. The summed E-state index contributed by atoms with van der Waals surface area (Å²) in [6.07, 6.45) is 0. The first kappa shape index (κ1) is 7.17. The van der Waals surface area contributed by atoms with Crippen LogP contribution in [0.1, 0.15) is 0 Å². The van der Waals surface area contributed by atoms with Crippen LogP contribution in [0.25, 0.3) is 0 Å². The lowest BCUT2D eigenvalue weighted by atomic mass is 10.6. The summed E-state index contributed by atoms with van der Waals surface area (Å²) in [6.45, 7) is 0. The van der Waals surface area contributed by atoms with Gasteiger partial charge in [0, 0.05) is 7.05 Å². The Hall–Kier alpha value is 0.175. The van der Waals surface area contributed by atoms with E-state index in [1.165, 1.54) is 15.1 Å². The third-order valence-electron chi connectivity index (χ3n) is 0.352. The molecule has 0 amide bonds. The van der Waals surface area contributed by atoms with Crippen LogP contribution in [0.3, 0.4) is 0 Å². The smallest absolute Gasteiger partial charge is 0.320 e. The lowest BCUT2D eigenvalue weighted by molar-refractivity contribution is 0.212. The Morgan fingerprint density at radius 1 is 1.86 bits per heavy atom. The van der Waals surface area contributed by atoms with E-state index in [1.807, 2.05) is 0 Å². The monoisotopic (exact) mass is 123 g/mol. The Bertz CT molecular complexity index is 68.0. The van der Waals surface area contributed by atoms with Crippen molar-refractivity contribution < 1.29 is 13.6 Å². The van der Waals surface area contributed by atoms with Crippen molar-refractivity contribution in [3.63, 3.8) is 0 Å². The van der Waals surface area contributed by atoms with Gasteiger partial charge < -0.3 is 4.44 Å². The average molecular weight is 123 g/mol. The van der Waals surface area contributed by atoms with Crippen LogP contribution in [0, 0.1) is 0 Å². The zero-order valence-electron chi connectivity index (χ0n) is 4.22. The van der Waals surface area contributed by atoms with Gasteiger partial charge in [0.2, 0.25) is 0 Å². The molecule has 6 heteroatoms. The van der Waals surface area contributed by atoms with Crippen LogP contribution in [-0.2, 0) is 13.6 Å². The summed E-state index contributed by atoms with van der Waals surface area (Å²) in [5.74, 6) is 0. The lowest BCUT2D eigenvalue weighted by Gasteiger charge is -1.95. The Morgan fingerprint density at radius 3 is 2.57 bits per heavy atom. The van der Waals surface area contributed by atoms with Crippen LogP contribution in [0.15, 0.2) is 0 Å². The normalized spacial score (nSPS) is 13.9. The van der Waals surface area contributed by atoms with E-state index in [9.17, 15) is 4.57 Å². The molecule has 0 radical (unpaired) electrons. The summed E-state index contributed by atoms with van der Waals surface area (Å²) < 4.78 is 18.6. The molecule has 7 heavy (non-hydrogen) atoms. The van der Waals surface area contributed by atoms with Gasteiger partial charge in [-0.05, 0) is 0 Å². The van der Waals surface area contributed by atoms with Crippen LogP contribution in [0.5, 0.6) is 0 Å². The molecule has 4 nitrogen and oxygen atoms in total. The van der Waals surface area contributed by atoms with E-state index >= 15 is 0 Å². The minimum Gasteiger partial charge on any atom is -0.380 e. The van der Waals surface area contributed by atoms with E-state index in [0.717, 1.165) is 0 Å². The summed E-state index contributed by atoms with van der Waals surface area (Å²) in [7, 11) is 0.593. The second-order valence-electron chi connectivity index (χ2n) is 0.760. The Labute approximate surface area is 43.5 Å². The molecule has 0 saturated carbocycles. The summed E-state index contributed by atoms with van der Waals surface area (Å²) in [6, 6.07) is 0. The molecular weight excluding hydrogens is 116 g/mol. The fraction of sp³-hybridized carbons (Fsp3) is 1.00. The molecule has 0 rings (SSSR count). The highest BCUT2D eigenvalue weighted by Crippen LogP contribution is 2.17. The van der Waals surface area contributed by atoms with Gasteiger partial charge in [-0.1, -0.05) is 0 Å². The summed E-state index contributed by atoms with van der Waals surface area (Å²) in [4.78, 5) is 0. The van der Waals surface area contributed by atoms with Gasteiger partial charge in [0.1, 0.15) is 0 Å². The maximum absolute atomic E-state index is 10.1. The van der Waals surface area contributed by atoms with Gasteiger partial charge in [-0.2, -0.15) is 5.48 Å². The Kier molecular flexibility index (Phi) is 4.45. The Balaban J connectivity index is 3.00. The molecule has 0 aliphatic rings. The minimum absolute atomic E-state index is 1.32. The van der Waals surface area contributed by atoms with Crippen molar-refractivity contribution in [2.24, 2.45) is 0 Å². The molecule has 0 spiro atoms. The van der Waals surface area contributed by atoms with Gasteiger partial charge in [0.15, 0.2) is 0 Å². The van der Waals surface area contributed by atoms with E-state index in [-0.39, 0.29) is 0 Å². The first-order valence-corrected chi connectivity index (χ1v) is 2.95. The molecule has 0 heterocycles. The highest BCUT2D eigenvalue weighted by molar-refractivity contribution is 7.34. The van der Waals surface area contributed by atoms with Crippen molar-refractivity contribution in [1.82, 2.24) is 5.48 Å². The lowest BCUT2D eigenvalue weighted by Crippen LogP contribution is -1.99. The number of nitrogens with one attached hydrogen (secondary N) is 1. The second kappa shape index (κ2) is 4.34. The van der Waals surface area contributed by atoms with Crippen molar-refractivity contribution in [3.05, 3.63) is 0 Å². The number of hydroxylamine groups is 1. The predicted octanol–water partition coefficient (Wildman–Crippen LogP) is -0.908. The van der Waals surface area contributed by atoms with Gasteiger partial charge in [-0.15, -0.1) is 0 Å². The first-order valence-electron chi connectivity index (χ1n) is 1.72. The fourth-order valence-electron chi connectivity index (χ4n) is 0.125. The van der Waals surface area contributed by atoms with E-state index in [2.05, 4.69) is 14.5 Å². The molecule has 1 unspecified atom stereocenters. The molecule has 0 aromatic rings. The van der Waals surface area contributed by atoms with Crippen molar-refractivity contribution in [2.75, 3.05) is 7.05 Å². The SMILES string of the molecule is BO[PH](=O)ONC. The highest BCUT2D eigenvalue weighted by atomic mass is 31.1. The van der Waals surface area contributed by atoms with Crippen LogP contribution in [0.2, 0.25) is 0 Å². The molecule has 0 aromatic heterocycles. The molecule has 1 N–H and O–H groups in total. The number of hydrogen-bond acceptors (Lipinski definition) is 4. The molecular formula is CH7BNO3P. The topological polar surface area (TPSA) is 47.6 Å². The number of rotatable bonds is 3. The van der Waals surface area contributed by atoms with E-state index in [1.54, 1.807) is 0 Å². The average Bonchev–Trinajstić information content (AvgIpc) is 1.68. The minimum atomic E-state index is -2.24. The third-order valence-corrected chi connectivity index (χ3v) is 1.06. The molecule has 42 valence electrons. The zero-order valence-corrected chi connectivity index (χ0v) is 5.22.